The largest absolute Gasteiger partial charge is 0.465 e. The molecular formula is C22H24N8OS. The van der Waals surface area contributed by atoms with Gasteiger partial charge in [-0.2, -0.15) is 15.0 Å². The first-order chi connectivity index (χ1) is 15.6. The zero-order valence-electron chi connectivity index (χ0n) is 17.7. The number of nitrogens with zero attached hydrogens (tertiary/aromatic N) is 6. The molecule has 5 rings (SSSR count). The quantitative estimate of drug-likeness (QED) is 0.570. The van der Waals surface area contributed by atoms with Crippen LogP contribution < -0.4 is 16.0 Å². The number of nitrogen functional groups attached to an aromatic ring is 1. The topological polar surface area (TPSA) is 109 Å². The lowest BCUT2D eigenvalue weighted by Crippen LogP contribution is -2.45. The number of rotatable bonds is 5. The van der Waals surface area contributed by atoms with E-state index in [0.717, 1.165) is 48.1 Å². The number of amidine groups is 1. The van der Waals surface area contributed by atoms with Crippen LogP contribution in [0.25, 0.3) is 5.57 Å². The first-order valence-corrected chi connectivity index (χ1v) is 11.2. The normalized spacial score (nSPS) is 16.7. The number of piperazine rings is 1. The van der Waals surface area contributed by atoms with Gasteiger partial charge in [0.15, 0.2) is 5.16 Å². The van der Waals surface area contributed by atoms with Crippen molar-refractivity contribution in [2.75, 3.05) is 55.7 Å². The number of anilines is 3. The van der Waals surface area contributed by atoms with E-state index in [4.69, 9.17) is 20.1 Å². The van der Waals surface area contributed by atoms with Crippen LogP contribution in [0.3, 0.4) is 0 Å². The molecule has 0 spiro atoms. The van der Waals surface area contributed by atoms with Crippen LogP contribution in [0.4, 0.5) is 17.6 Å². The summed E-state index contributed by atoms with van der Waals surface area (Å²) < 4.78 is 5.48. The number of furan rings is 1. The first-order valence-electron chi connectivity index (χ1n) is 10.4. The summed E-state index contributed by atoms with van der Waals surface area (Å²) in [5.74, 6) is 2.67. The highest BCUT2D eigenvalue weighted by molar-refractivity contribution is 7.99. The van der Waals surface area contributed by atoms with Crippen molar-refractivity contribution in [1.82, 2.24) is 19.9 Å². The molecule has 0 bridgehead atoms. The Morgan fingerprint density at radius 2 is 1.84 bits per heavy atom. The Kier molecular flexibility index (Phi) is 5.78. The van der Waals surface area contributed by atoms with Gasteiger partial charge in [0.2, 0.25) is 11.9 Å². The second kappa shape index (κ2) is 9.01. The van der Waals surface area contributed by atoms with Crippen molar-refractivity contribution in [3.8, 4) is 0 Å². The molecule has 1 aromatic carbocycles. The van der Waals surface area contributed by atoms with Crippen LogP contribution in [-0.4, -0.2) is 65.5 Å². The maximum Gasteiger partial charge on any atom is 0.234 e. The molecule has 2 aromatic heterocycles. The molecule has 164 valence electrons. The first kappa shape index (κ1) is 20.5. The van der Waals surface area contributed by atoms with Crippen molar-refractivity contribution in [3.05, 3.63) is 54.5 Å². The molecule has 32 heavy (non-hydrogen) atoms. The summed E-state index contributed by atoms with van der Waals surface area (Å²) in [6, 6.07) is 11.5. The van der Waals surface area contributed by atoms with Gasteiger partial charge in [0.05, 0.1) is 12.8 Å². The molecule has 3 aromatic rings. The van der Waals surface area contributed by atoms with E-state index in [2.05, 4.69) is 32.1 Å². The smallest absolute Gasteiger partial charge is 0.234 e. The van der Waals surface area contributed by atoms with Crippen LogP contribution >= 0.6 is 11.8 Å². The maximum absolute atomic E-state index is 5.82. The summed E-state index contributed by atoms with van der Waals surface area (Å²) in [5.41, 5.74) is 7.56. The summed E-state index contributed by atoms with van der Waals surface area (Å²) in [4.78, 5) is 24.1. The number of aliphatic imine (C=N–C) groups is 1. The Balaban J connectivity index is 1.40. The summed E-state index contributed by atoms with van der Waals surface area (Å²) >= 11 is 1.48. The van der Waals surface area contributed by atoms with Crippen LogP contribution in [0, 0.1) is 0 Å². The average Bonchev–Trinajstić information content (AvgIpc) is 3.48. The fourth-order valence-electron chi connectivity index (χ4n) is 3.46. The number of hydrogen-bond acceptors (Lipinski definition) is 10. The number of likely N-dealkylation sites (N-methyl/N-ethyl adjacent to an activating group) is 1. The molecule has 0 radical (unpaired) electrons. The lowest BCUT2D eigenvalue weighted by atomic mass is 10.2. The van der Waals surface area contributed by atoms with Gasteiger partial charge in [0, 0.05) is 42.3 Å². The second-order valence-corrected chi connectivity index (χ2v) is 8.72. The van der Waals surface area contributed by atoms with E-state index < -0.39 is 0 Å². The number of hydrogen-bond donors (Lipinski definition) is 2. The number of aromatic nitrogens is 3. The van der Waals surface area contributed by atoms with Crippen molar-refractivity contribution < 1.29 is 4.42 Å². The van der Waals surface area contributed by atoms with Gasteiger partial charge >= 0.3 is 0 Å². The second-order valence-electron chi connectivity index (χ2n) is 7.68. The van der Waals surface area contributed by atoms with Crippen LogP contribution in [0.2, 0.25) is 0 Å². The lowest BCUT2D eigenvalue weighted by Gasteiger charge is -2.32. The summed E-state index contributed by atoms with van der Waals surface area (Å²) in [5, 5.41) is 3.88. The third-order valence-electron chi connectivity index (χ3n) is 5.29. The molecule has 0 amide bonds. The van der Waals surface area contributed by atoms with E-state index in [1.807, 2.05) is 42.5 Å². The van der Waals surface area contributed by atoms with Crippen molar-refractivity contribution in [1.29, 1.82) is 0 Å². The standard InChI is InChI=1S/C22H24N8OS/c1-29-8-10-30(11-9-29)21-26-20(25-19-13-15(14-24-19)18-3-2-12-31-18)27-22(28-21)32-17-6-4-16(23)5-7-17/h2-7,12-13H,8-11,14,23H2,1H3,(H,24,25,26,27,28). The predicted octanol–water partition coefficient (Wildman–Crippen LogP) is 2.86. The van der Waals surface area contributed by atoms with E-state index in [-0.39, 0.29) is 0 Å². The van der Waals surface area contributed by atoms with Gasteiger partial charge in [0.1, 0.15) is 11.6 Å². The van der Waals surface area contributed by atoms with Gasteiger partial charge in [-0.25, -0.2) is 0 Å². The molecule has 1 saturated heterocycles. The van der Waals surface area contributed by atoms with Crippen LogP contribution in [0.5, 0.6) is 0 Å². The third-order valence-corrected chi connectivity index (χ3v) is 6.16. The highest BCUT2D eigenvalue weighted by atomic mass is 32.2. The third kappa shape index (κ3) is 4.76. The average molecular weight is 449 g/mol. The molecular weight excluding hydrogens is 424 g/mol. The molecule has 0 unspecified atom stereocenters. The number of nitrogens with two attached hydrogens (primary N) is 1. The van der Waals surface area contributed by atoms with Crippen molar-refractivity contribution in [2.24, 2.45) is 4.99 Å². The Bertz CT molecular complexity index is 1140. The van der Waals surface area contributed by atoms with Crippen LogP contribution in [-0.2, 0) is 0 Å². The van der Waals surface area contributed by atoms with Gasteiger partial charge in [-0.05, 0) is 61.3 Å². The summed E-state index contributed by atoms with van der Waals surface area (Å²) in [6.45, 7) is 4.23. The minimum absolute atomic E-state index is 0.475. The molecule has 0 aliphatic carbocycles. The monoisotopic (exact) mass is 448 g/mol. The molecule has 3 N–H and O–H groups in total. The molecule has 2 aliphatic rings. The molecule has 4 heterocycles. The van der Waals surface area contributed by atoms with Crippen molar-refractivity contribution in [2.45, 2.75) is 10.1 Å². The predicted molar refractivity (Wildman–Crippen MR) is 127 cm³/mol. The van der Waals surface area contributed by atoms with E-state index >= 15 is 0 Å². The van der Waals surface area contributed by atoms with Gasteiger partial charge in [-0.15, -0.1) is 0 Å². The fourth-order valence-corrected chi connectivity index (χ4v) is 4.21. The van der Waals surface area contributed by atoms with E-state index in [0.29, 0.717) is 29.4 Å². The minimum Gasteiger partial charge on any atom is -0.465 e. The van der Waals surface area contributed by atoms with Gasteiger partial charge in [0.25, 0.3) is 0 Å². The molecule has 1 fully saturated rings. The Morgan fingerprint density at radius 3 is 2.59 bits per heavy atom. The zero-order valence-corrected chi connectivity index (χ0v) is 18.5. The highest BCUT2D eigenvalue weighted by Crippen LogP contribution is 2.28. The maximum atomic E-state index is 5.82. The molecule has 9 nitrogen and oxygen atoms in total. The van der Waals surface area contributed by atoms with E-state index in [9.17, 15) is 0 Å². The highest BCUT2D eigenvalue weighted by Gasteiger charge is 2.20. The molecule has 2 aliphatic heterocycles. The zero-order chi connectivity index (χ0) is 21.9. The van der Waals surface area contributed by atoms with Crippen LogP contribution in [0.1, 0.15) is 5.76 Å². The van der Waals surface area contributed by atoms with Crippen molar-refractivity contribution >= 4 is 40.8 Å². The molecule has 10 heteroatoms. The lowest BCUT2D eigenvalue weighted by molar-refractivity contribution is 0.311. The number of nitrogens with one attached hydrogen (secondary N) is 1. The van der Waals surface area contributed by atoms with Gasteiger partial charge in [-0.3, -0.25) is 4.99 Å². The van der Waals surface area contributed by atoms with Crippen LogP contribution in [0.15, 0.2) is 68.2 Å². The van der Waals surface area contributed by atoms with Crippen molar-refractivity contribution in [3.63, 3.8) is 0 Å². The van der Waals surface area contributed by atoms with E-state index in [1.165, 1.54) is 11.8 Å². The Labute approximate surface area is 190 Å². The Morgan fingerprint density at radius 1 is 1.03 bits per heavy atom. The minimum atomic E-state index is 0.475. The van der Waals surface area contributed by atoms with E-state index in [1.54, 1.807) is 6.26 Å². The summed E-state index contributed by atoms with van der Waals surface area (Å²) in [7, 11) is 2.13. The fraction of sp³-hybridized carbons (Fsp3) is 0.273. The van der Waals surface area contributed by atoms with Gasteiger partial charge in [-0.1, -0.05) is 0 Å². The molecule has 0 saturated carbocycles. The number of benzene rings is 1. The SMILES string of the molecule is CN1CCN(c2nc(NC3=NCC(c4ccco4)=C3)nc(Sc3ccc(N)cc3)n2)CC1. The molecule has 0 atom stereocenters. The Hall–Kier alpha value is -3.37. The van der Waals surface area contributed by atoms with Gasteiger partial charge < -0.3 is 25.3 Å². The summed E-state index contributed by atoms with van der Waals surface area (Å²) in [6.07, 6.45) is 3.63.